The molecule has 2 saturated heterocycles. The van der Waals surface area contributed by atoms with Crippen molar-refractivity contribution in [2.45, 2.75) is 68.9 Å². The molecule has 8 nitrogen and oxygen atoms in total. The summed E-state index contributed by atoms with van der Waals surface area (Å²) in [6, 6.07) is 6.24. The zero-order valence-electron chi connectivity index (χ0n) is 17.3. The van der Waals surface area contributed by atoms with Crippen molar-refractivity contribution in [3.8, 4) is 0 Å². The highest BCUT2D eigenvalue weighted by Crippen LogP contribution is 2.47. The Morgan fingerprint density at radius 2 is 1.00 bits per heavy atom. The van der Waals surface area contributed by atoms with Gasteiger partial charge in [0.2, 0.25) is 0 Å². The summed E-state index contributed by atoms with van der Waals surface area (Å²) in [5.41, 5.74) is 0.386. The van der Waals surface area contributed by atoms with Crippen LogP contribution in [0, 0.1) is 11.8 Å². The van der Waals surface area contributed by atoms with E-state index >= 15 is 0 Å². The molecule has 2 spiro atoms. The SMILES string of the molecule is O=C1OC2(CCCC2)OC(=O)C1C(c1ccc(Cl)cc1)C1C(=O)OC2(CCCC2)OC1=O. The zero-order chi connectivity index (χ0) is 22.5. The van der Waals surface area contributed by atoms with E-state index in [1.807, 2.05) is 0 Å². The molecule has 2 aliphatic carbocycles. The number of carbonyl (C=O) groups is 4. The highest BCUT2D eigenvalue weighted by molar-refractivity contribution is 6.30. The van der Waals surface area contributed by atoms with Crippen molar-refractivity contribution in [2.75, 3.05) is 0 Å². The van der Waals surface area contributed by atoms with Crippen molar-refractivity contribution in [1.29, 1.82) is 0 Å². The van der Waals surface area contributed by atoms with E-state index in [4.69, 9.17) is 30.5 Å². The molecule has 0 radical (unpaired) electrons. The average Bonchev–Trinajstić information content (AvgIpc) is 3.36. The molecule has 4 aliphatic rings. The van der Waals surface area contributed by atoms with Gasteiger partial charge in [-0.25, -0.2) is 0 Å². The fourth-order valence-electron chi connectivity index (χ4n) is 5.31. The van der Waals surface area contributed by atoms with Gasteiger partial charge in [-0.2, -0.15) is 0 Å². The third-order valence-electron chi connectivity index (χ3n) is 6.87. The van der Waals surface area contributed by atoms with Crippen LogP contribution >= 0.6 is 11.6 Å². The average molecular weight is 463 g/mol. The minimum absolute atomic E-state index is 0.386. The summed E-state index contributed by atoms with van der Waals surface area (Å²) in [5.74, 6) is -9.99. The van der Waals surface area contributed by atoms with Gasteiger partial charge in [-0.05, 0) is 43.4 Å². The Kier molecular flexibility index (Phi) is 5.15. The molecule has 0 N–H and O–H groups in total. The van der Waals surface area contributed by atoms with E-state index in [2.05, 4.69) is 0 Å². The largest absolute Gasteiger partial charge is 0.422 e. The number of carbonyl (C=O) groups excluding carboxylic acids is 4. The molecule has 1 aromatic rings. The van der Waals surface area contributed by atoms with Gasteiger partial charge in [0.05, 0.1) is 0 Å². The Labute approximate surface area is 189 Å². The molecular weight excluding hydrogens is 440 g/mol. The lowest BCUT2D eigenvalue weighted by molar-refractivity contribution is -0.257. The van der Waals surface area contributed by atoms with E-state index in [9.17, 15) is 19.2 Å². The van der Waals surface area contributed by atoms with Crippen LogP contribution in [0.3, 0.4) is 0 Å². The standard InChI is InChI=1S/C23H23ClO8/c24-14-7-5-13(6-8-14)15(16-18(25)29-22(30-19(16)26)9-1-2-10-22)17-20(27)31-23(32-21(17)28)11-3-4-12-23/h5-8,15-17H,1-4,9-12H2. The molecule has 9 heteroatoms. The van der Waals surface area contributed by atoms with Gasteiger partial charge in [0.15, 0.2) is 11.8 Å². The summed E-state index contributed by atoms with van der Waals surface area (Å²) in [4.78, 5) is 52.4. The maximum atomic E-state index is 13.1. The first-order valence-corrected chi connectivity index (χ1v) is 11.4. The van der Waals surface area contributed by atoms with Crippen LogP contribution in [-0.2, 0) is 38.1 Å². The van der Waals surface area contributed by atoms with Crippen molar-refractivity contribution in [2.24, 2.45) is 11.8 Å². The number of ether oxygens (including phenoxy) is 4. The fraction of sp³-hybridized carbons (Fsp3) is 0.565. The summed E-state index contributed by atoms with van der Waals surface area (Å²) >= 11 is 6.00. The smallest absolute Gasteiger partial charge is 0.324 e. The Morgan fingerprint density at radius 3 is 1.34 bits per heavy atom. The van der Waals surface area contributed by atoms with Crippen LogP contribution in [0.15, 0.2) is 24.3 Å². The van der Waals surface area contributed by atoms with Gasteiger partial charge in [-0.3, -0.25) is 19.2 Å². The van der Waals surface area contributed by atoms with Gasteiger partial charge in [-0.1, -0.05) is 23.7 Å². The van der Waals surface area contributed by atoms with Crippen LogP contribution in [-0.4, -0.2) is 35.5 Å². The molecule has 2 aliphatic heterocycles. The van der Waals surface area contributed by atoms with E-state index in [1.54, 1.807) is 24.3 Å². The van der Waals surface area contributed by atoms with Gasteiger partial charge >= 0.3 is 23.9 Å². The van der Waals surface area contributed by atoms with Crippen molar-refractivity contribution in [3.05, 3.63) is 34.9 Å². The summed E-state index contributed by atoms with van der Waals surface area (Å²) < 4.78 is 22.3. The molecule has 1 aromatic carbocycles. The Bertz CT molecular complexity index is 863. The number of halogens is 1. The number of benzene rings is 1. The predicted octanol–water partition coefficient (Wildman–Crippen LogP) is 3.40. The van der Waals surface area contributed by atoms with E-state index < -0.39 is 53.2 Å². The highest BCUT2D eigenvalue weighted by Gasteiger charge is 2.60. The topological polar surface area (TPSA) is 105 Å². The Balaban J connectivity index is 1.51. The van der Waals surface area contributed by atoms with Gasteiger partial charge in [-0.15, -0.1) is 0 Å². The van der Waals surface area contributed by atoms with Crippen LogP contribution in [0.2, 0.25) is 5.02 Å². The van der Waals surface area contributed by atoms with Gasteiger partial charge < -0.3 is 18.9 Å². The maximum absolute atomic E-state index is 13.1. The zero-order valence-corrected chi connectivity index (χ0v) is 18.1. The molecule has 32 heavy (non-hydrogen) atoms. The lowest BCUT2D eigenvalue weighted by Crippen LogP contribution is -2.55. The summed E-state index contributed by atoms with van der Waals surface area (Å²) in [5, 5.41) is 0.421. The summed E-state index contributed by atoms with van der Waals surface area (Å²) in [6.45, 7) is 0. The maximum Gasteiger partial charge on any atom is 0.324 e. The second-order valence-corrected chi connectivity index (χ2v) is 9.39. The number of hydrogen-bond donors (Lipinski definition) is 0. The third kappa shape index (κ3) is 3.54. The lowest BCUT2D eigenvalue weighted by Gasteiger charge is -2.42. The van der Waals surface area contributed by atoms with Crippen LogP contribution < -0.4 is 0 Å². The molecule has 5 rings (SSSR count). The van der Waals surface area contributed by atoms with Crippen molar-refractivity contribution in [3.63, 3.8) is 0 Å². The number of rotatable bonds is 3. The van der Waals surface area contributed by atoms with Crippen molar-refractivity contribution in [1.82, 2.24) is 0 Å². The lowest BCUT2D eigenvalue weighted by atomic mass is 9.75. The molecule has 0 bridgehead atoms. The van der Waals surface area contributed by atoms with E-state index in [0.29, 0.717) is 36.3 Å². The Hall–Kier alpha value is -2.61. The van der Waals surface area contributed by atoms with Crippen molar-refractivity contribution < 1.29 is 38.1 Å². The van der Waals surface area contributed by atoms with Gasteiger partial charge in [0, 0.05) is 36.6 Å². The van der Waals surface area contributed by atoms with Crippen LogP contribution in [0.1, 0.15) is 62.8 Å². The summed E-state index contributed by atoms with van der Waals surface area (Å²) in [7, 11) is 0. The summed E-state index contributed by atoms with van der Waals surface area (Å²) in [6.07, 6.45) is 4.81. The first-order valence-electron chi connectivity index (χ1n) is 11.0. The van der Waals surface area contributed by atoms with Crippen LogP contribution in [0.5, 0.6) is 0 Å². The van der Waals surface area contributed by atoms with Gasteiger partial charge in [0.1, 0.15) is 0 Å². The van der Waals surface area contributed by atoms with E-state index in [1.165, 1.54) is 0 Å². The molecule has 170 valence electrons. The molecule has 0 amide bonds. The molecule has 2 heterocycles. The van der Waals surface area contributed by atoms with E-state index in [0.717, 1.165) is 25.7 Å². The molecule has 0 aromatic heterocycles. The van der Waals surface area contributed by atoms with Crippen molar-refractivity contribution >= 4 is 35.5 Å². The highest BCUT2D eigenvalue weighted by atomic mass is 35.5. The molecular formula is C23H23ClO8. The fourth-order valence-corrected chi connectivity index (χ4v) is 5.43. The third-order valence-corrected chi connectivity index (χ3v) is 7.12. The molecule has 0 unspecified atom stereocenters. The first kappa shape index (κ1) is 21.2. The molecule has 2 saturated carbocycles. The number of hydrogen-bond acceptors (Lipinski definition) is 8. The Morgan fingerprint density at radius 1 is 0.656 bits per heavy atom. The predicted molar refractivity (Wildman–Crippen MR) is 108 cm³/mol. The first-order chi connectivity index (χ1) is 15.3. The second kappa shape index (κ2) is 7.76. The van der Waals surface area contributed by atoms with Crippen LogP contribution in [0.25, 0.3) is 0 Å². The monoisotopic (exact) mass is 462 g/mol. The minimum Gasteiger partial charge on any atom is -0.422 e. The molecule has 0 atom stereocenters. The normalized spacial score (nSPS) is 27.7. The molecule has 4 fully saturated rings. The van der Waals surface area contributed by atoms with Crippen LogP contribution in [0.4, 0.5) is 0 Å². The quantitative estimate of drug-likeness (QED) is 0.497. The van der Waals surface area contributed by atoms with Gasteiger partial charge in [0.25, 0.3) is 11.6 Å². The second-order valence-electron chi connectivity index (χ2n) is 8.95. The minimum atomic E-state index is -1.51. The number of esters is 4. The van der Waals surface area contributed by atoms with E-state index in [-0.39, 0.29) is 0 Å².